The van der Waals surface area contributed by atoms with Crippen molar-refractivity contribution in [3.8, 4) is 11.6 Å². The Labute approximate surface area is 90.5 Å². The first-order chi connectivity index (χ1) is 7.25. The smallest absolute Gasteiger partial charge is 0.257 e. The summed E-state index contributed by atoms with van der Waals surface area (Å²) in [5.41, 5.74) is 0. The van der Waals surface area contributed by atoms with Crippen molar-refractivity contribution in [2.75, 3.05) is 0 Å². The Morgan fingerprint density at radius 1 is 1.20 bits per heavy atom. The van der Waals surface area contributed by atoms with Crippen LogP contribution in [0.15, 0.2) is 36.7 Å². The van der Waals surface area contributed by atoms with Gasteiger partial charge in [-0.15, -0.1) is 0 Å². The van der Waals surface area contributed by atoms with Crippen molar-refractivity contribution < 1.29 is 9.13 Å². The standard InChI is InChI=1S/C10H6ClFN2O/c11-9-10(14-5-4-13-9)15-8-3-1-2-7(12)6-8/h1-6H. The lowest BCUT2D eigenvalue weighted by molar-refractivity contribution is 0.456. The molecular weight excluding hydrogens is 219 g/mol. The van der Waals surface area contributed by atoms with Gasteiger partial charge in [0.1, 0.15) is 11.6 Å². The highest BCUT2D eigenvalue weighted by Gasteiger charge is 2.05. The van der Waals surface area contributed by atoms with Gasteiger partial charge in [0, 0.05) is 18.5 Å². The van der Waals surface area contributed by atoms with Gasteiger partial charge in [-0.1, -0.05) is 17.7 Å². The van der Waals surface area contributed by atoms with E-state index in [4.69, 9.17) is 16.3 Å². The van der Waals surface area contributed by atoms with Gasteiger partial charge in [-0.05, 0) is 12.1 Å². The fourth-order valence-corrected chi connectivity index (χ4v) is 1.16. The average Bonchev–Trinajstić information content (AvgIpc) is 2.22. The van der Waals surface area contributed by atoms with E-state index in [2.05, 4.69) is 9.97 Å². The number of halogens is 2. The van der Waals surface area contributed by atoms with Gasteiger partial charge in [0.05, 0.1) is 0 Å². The van der Waals surface area contributed by atoms with Crippen molar-refractivity contribution in [2.45, 2.75) is 0 Å². The number of ether oxygens (including phenoxy) is 1. The summed E-state index contributed by atoms with van der Waals surface area (Å²) in [5.74, 6) is 0.106. The van der Waals surface area contributed by atoms with Crippen molar-refractivity contribution in [1.29, 1.82) is 0 Å². The Hall–Kier alpha value is -1.68. The van der Waals surface area contributed by atoms with E-state index >= 15 is 0 Å². The van der Waals surface area contributed by atoms with Crippen LogP contribution in [-0.4, -0.2) is 9.97 Å². The summed E-state index contributed by atoms with van der Waals surface area (Å²) in [6.45, 7) is 0. The average molecular weight is 225 g/mol. The third-order valence-electron chi connectivity index (χ3n) is 1.63. The van der Waals surface area contributed by atoms with Crippen molar-refractivity contribution in [1.82, 2.24) is 9.97 Å². The number of hydrogen-bond acceptors (Lipinski definition) is 3. The van der Waals surface area contributed by atoms with E-state index in [-0.39, 0.29) is 16.9 Å². The molecular formula is C10H6ClFN2O. The Morgan fingerprint density at radius 3 is 2.73 bits per heavy atom. The van der Waals surface area contributed by atoms with Crippen molar-refractivity contribution in [2.24, 2.45) is 0 Å². The summed E-state index contributed by atoms with van der Waals surface area (Å²) in [7, 11) is 0. The third kappa shape index (κ3) is 2.41. The molecule has 0 aliphatic rings. The summed E-state index contributed by atoms with van der Waals surface area (Å²) in [5, 5.41) is 0.141. The molecule has 0 saturated heterocycles. The van der Waals surface area contributed by atoms with E-state index in [0.717, 1.165) is 0 Å². The van der Waals surface area contributed by atoms with Crippen LogP contribution in [0.1, 0.15) is 0 Å². The first-order valence-corrected chi connectivity index (χ1v) is 4.53. The highest BCUT2D eigenvalue weighted by atomic mass is 35.5. The summed E-state index contributed by atoms with van der Waals surface area (Å²) in [6, 6.07) is 5.71. The molecule has 1 heterocycles. The molecule has 76 valence electrons. The number of hydrogen-bond donors (Lipinski definition) is 0. The fourth-order valence-electron chi connectivity index (χ4n) is 1.02. The molecule has 0 N–H and O–H groups in total. The SMILES string of the molecule is Fc1cccc(Oc2nccnc2Cl)c1. The maximum Gasteiger partial charge on any atom is 0.257 e. The second kappa shape index (κ2) is 4.23. The molecule has 1 aromatic carbocycles. The second-order valence-electron chi connectivity index (χ2n) is 2.71. The molecule has 0 saturated carbocycles. The van der Waals surface area contributed by atoms with Crippen LogP contribution in [0.4, 0.5) is 4.39 Å². The van der Waals surface area contributed by atoms with E-state index in [1.165, 1.54) is 30.6 Å². The molecule has 0 spiro atoms. The normalized spacial score (nSPS) is 10.0. The molecule has 0 amide bonds. The van der Waals surface area contributed by atoms with Gasteiger partial charge in [-0.25, -0.2) is 14.4 Å². The predicted molar refractivity (Wildman–Crippen MR) is 53.5 cm³/mol. The molecule has 3 nitrogen and oxygen atoms in total. The maximum absolute atomic E-state index is 12.8. The minimum absolute atomic E-state index is 0.141. The van der Waals surface area contributed by atoms with Crippen LogP contribution in [-0.2, 0) is 0 Å². The van der Waals surface area contributed by atoms with E-state index in [1.54, 1.807) is 6.07 Å². The Bertz CT molecular complexity index is 478. The number of nitrogens with zero attached hydrogens (tertiary/aromatic N) is 2. The highest BCUT2D eigenvalue weighted by Crippen LogP contribution is 2.24. The summed E-state index contributed by atoms with van der Waals surface area (Å²) in [4.78, 5) is 7.65. The van der Waals surface area contributed by atoms with Crippen LogP contribution < -0.4 is 4.74 Å². The number of rotatable bonds is 2. The van der Waals surface area contributed by atoms with Crippen molar-refractivity contribution >= 4 is 11.6 Å². The Morgan fingerprint density at radius 2 is 2.00 bits per heavy atom. The van der Waals surface area contributed by atoms with E-state index in [0.29, 0.717) is 5.75 Å². The van der Waals surface area contributed by atoms with E-state index in [1.807, 2.05) is 0 Å². The molecule has 0 aliphatic carbocycles. The molecule has 15 heavy (non-hydrogen) atoms. The van der Waals surface area contributed by atoms with E-state index < -0.39 is 0 Å². The van der Waals surface area contributed by atoms with Crippen molar-refractivity contribution in [3.63, 3.8) is 0 Å². The quantitative estimate of drug-likeness (QED) is 0.786. The molecule has 5 heteroatoms. The third-order valence-corrected chi connectivity index (χ3v) is 1.89. The van der Waals surface area contributed by atoms with Gasteiger partial charge in [-0.2, -0.15) is 0 Å². The zero-order valence-electron chi connectivity index (χ0n) is 7.52. The lowest BCUT2D eigenvalue weighted by Crippen LogP contribution is -1.90. The largest absolute Gasteiger partial charge is 0.436 e. The molecule has 1 aromatic heterocycles. The molecule has 0 radical (unpaired) electrons. The van der Waals surface area contributed by atoms with Crippen LogP contribution in [0.25, 0.3) is 0 Å². The Balaban J connectivity index is 2.26. The van der Waals surface area contributed by atoms with Gasteiger partial charge < -0.3 is 4.74 Å². The number of aromatic nitrogens is 2. The predicted octanol–water partition coefficient (Wildman–Crippen LogP) is 3.06. The summed E-state index contributed by atoms with van der Waals surface area (Å²) < 4.78 is 18.1. The molecule has 0 unspecified atom stereocenters. The minimum atomic E-state index is -0.382. The molecule has 0 atom stereocenters. The Kier molecular flexibility index (Phi) is 2.78. The maximum atomic E-state index is 12.8. The monoisotopic (exact) mass is 224 g/mol. The zero-order chi connectivity index (χ0) is 10.7. The van der Waals surface area contributed by atoms with Gasteiger partial charge >= 0.3 is 0 Å². The minimum Gasteiger partial charge on any atom is -0.436 e. The zero-order valence-corrected chi connectivity index (χ0v) is 8.28. The molecule has 0 fully saturated rings. The summed E-state index contributed by atoms with van der Waals surface area (Å²) in [6.07, 6.45) is 2.89. The molecule has 0 bridgehead atoms. The second-order valence-corrected chi connectivity index (χ2v) is 3.07. The first-order valence-electron chi connectivity index (χ1n) is 4.15. The van der Waals surface area contributed by atoms with Gasteiger partial charge in [0.15, 0.2) is 5.15 Å². The molecule has 2 rings (SSSR count). The van der Waals surface area contributed by atoms with Gasteiger partial charge in [0.2, 0.25) is 0 Å². The van der Waals surface area contributed by atoms with E-state index in [9.17, 15) is 4.39 Å². The fraction of sp³-hybridized carbons (Fsp3) is 0. The van der Waals surface area contributed by atoms with Crippen molar-refractivity contribution in [3.05, 3.63) is 47.6 Å². The topological polar surface area (TPSA) is 35.0 Å². The van der Waals surface area contributed by atoms with Gasteiger partial charge in [-0.3, -0.25) is 0 Å². The number of benzene rings is 1. The highest BCUT2D eigenvalue weighted by molar-refractivity contribution is 6.30. The molecule has 2 aromatic rings. The van der Waals surface area contributed by atoms with Gasteiger partial charge in [0.25, 0.3) is 5.88 Å². The first kappa shape index (κ1) is 9.86. The van der Waals surface area contributed by atoms with Crippen LogP contribution in [0.3, 0.4) is 0 Å². The summed E-state index contributed by atoms with van der Waals surface area (Å²) >= 11 is 5.72. The van der Waals surface area contributed by atoms with Crippen LogP contribution in [0.5, 0.6) is 11.6 Å². The lowest BCUT2D eigenvalue weighted by atomic mass is 10.3. The molecule has 0 aliphatic heterocycles. The lowest BCUT2D eigenvalue weighted by Gasteiger charge is -2.04. The van der Waals surface area contributed by atoms with Crippen LogP contribution in [0.2, 0.25) is 5.15 Å². The van der Waals surface area contributed by atoms with Crippen LogP contribution >= 0.6 is 11.6 Å². The van der Waals surface area contributed by atoms with Crippen LogP contribution in [0, 0.1) is 5.82 Å².